The monoisotopic (exact) mass is 247 g/mol. The van der Waals surface area contributed by atoms with E-state index in [1.165, 1.54) is 0 Å². The van der Waals surface area contributed by atoms with Crippen LogP contribution in [0.2, 0.25) is 0 Å². The van der Waals surface area contributed by atoms with Crippen molar-refractivity contribution >= 4 is 6.08 Å². The maximum atomic E-state index is 5.77. The molecular weight excluding hydrogens is 222 g/mol. The highest BCUT2D eigenvalue weighted by atomic mass is 16.5. The van der Waals surface area contributed by atoms with Crippen LogP contribution in [0.3, 0.4) is 0 Å². The molecule has 0 aliphatic rings. The lowest BCUT2D eigenvalue weighted by Gasteiger charge is -2.19. The van der Waals surface area contributed by atoms with Crippen LogP contribution in [0, 0.1) is 0 Å². The molecule has 1 aromatic carbocycles. The third-order valence-corrected chi connectivity index (χ3v) is 2.33. The first-order valence-corrected chi connectivity index (χ1v) is 6.56. The summed E-state index contributed by atoms with van der Waals surface area (Å²) in [6.45, 7) is 11.4. The first-order valence-electron chi connectivity index (χ1n) is 6.56. The van der Waals surface area contributed by atoms with Gasteiger partial charge in [-0.15, -0.1) is 0 Å². The fraction of sp³-hybridized carbons (Fsp3) is 0.500. The Kier molecular flexibility index (Phi) is 5.42. The van der Waals surface area contributed by atoms with Crippen LogP contribution in [0.15, 0.2) is 30.3 Å². The van der Waals surface area contributed by atoms with E-state index in [1.807, 2.05) is 32.0 Å². The normalized spacial score (nSPS) is 12.3. The standard InChI is InChI=1S/C16H25NO/c1-13(2)18-15-11-7-6-9-14(15)10-8-12-17-16(3,4)5/h6-11,13,17H,12H2,1-5H3. The molecule has 18 heavy (non-hydrogen) atoms. The van der Waals surface area contributed by atoms with Gasteiger partial charge in [-0.05, 0) is 40.7 Å². The highest BCUT2D eigenvalue weighted by Gasteiger charge is 2.06. The highest BCUT2D eigenvalue weighted by molar-refractivity contribution is 5.57. The number of hydrogen-bond acceptors (Lipinski definition) is 2. The SMILES string of the molecule is CC(C)Oc1ccccc1C=CCNC(C)(C)C. The summed E-state index contributed by atoms with van der Waals surface area (Å²) in [7, 11) is 0. The zero-order valence-electron chi connectivity index (χ0n) is 12.2. The quantitative estimate of drug-likeness (QED) is 0.852. The van der Waals surface area contributed by atoms with Crippen LogP contribution in [0.4, 0.5) is 0 Å². The van der Waals surface area contributed by atoms with Crippen molar-refractivity contribution in [3.63, 3.8) is 0 Å². The molecule has 0 fully saturated rings. The van der Waals surface area contributed by atoms with Gasteiger partial charge in [0, 0.05) is 17.6 Å². The average Bonchev–Trinajstić information content (AvgIpc) is 2.24. The van der Waals surface area contributed by atoms with E-state index in [-0.39, 0.29) is 11.6 Å². The van der Waals surface area contributed by atoms with Crippen LogP contribution in [0.25, 0.3) is 6.08 Å². The second-order valence-electron chi connectivity index (χ2n) is 5.74. The topological polar surface area (TPSA) is 21.3 Å². The van der Waals surface area contributed by atoms with Gasteiger partial charge in [0.05, 0.1) is 6.10 Å². The first-order chi connectivity index (χ1) is 8.38. The van der Waals surface area contributed by atoms with Crippen LogP contribution in [-0.4, -0.2) is 18.2 Å². The summed E-state index contributed by atoms with van der Waals surface area (Å²) in [5.41, 5.74) is 1.28. The highest BCUT2D eigenvalue weighted by Crippen LogP contribution is 2.20. The molecule has 2 heteroatoms. The van der Waals surface area contributed by atoms with Crippen molar-refractivity contribution < 1.29 is 4.74 Å². The number of benzene rings is 1. The van der Waals surface area contributed by atoms with Gasteiger partial charge in [-0.1, -0.05) is 30.4 Å². The van der Waals surface area contributed by atoms with Crippen LogP contribution in [0.1, 0.15) is 40.2 Å². The molecular formula is C16H25NO. The van der Waals surface area contributed by atoms with Gasteiger partial charge in [0.15, 0.2) is 0 Å². The molecule has 0 aliphatic carbocycles. The van der Waals surface area contributed by atoms with Crippen molar-refractivity contribution in [2.24, 2.45) is 0 Å². The zero-order valence-corrected chi connectivity index (χ0v) is 12.2. The largest absolute Gasteiger partial charge is 0.490 e. The third kappa shape index (κ3) is 5.87. The number of ether oxygens (including phenoxy) is 1. The van der Waals surface area contributed by atoms with E-state index in [2.05, 4.69) is 44.3 Å². The Labute approximate surface area is 111 Å². The summed E-state index contributed by atoms with van der Waals surface area (Å²) in [4.78, 5) is 0. The molecule has 0 bridgehead atoms. The predicted octanol–water partition coefficient (Wildman–Crippen LogP) is 3.88. The predicted molar refractivity (Wildman–Crippen MR) is 79.0 cm³/mol. The minimum Gasteiger partial charge on any atom is -0.490 e. The molecule has 0 amide bonds. The number of rotatable bonds is 5. The van der Waals surface area contributed by atoms with E-state index in [0.29, 0.717) is 0 Å². The third-order valence-electron chi connectivity index (χ3n) is 2.33. The van der Waals surface area contributed by atoms with Gasteiger partial charge in [0.1, 0.15) is 5.75 Å². The van der Waals surface area contributed by atoms with Crippen LogP contribution < -0.4 is 10.1 Å². The Bertz CT molecular complexity index is 388. The molecule has 2 nitrogen and oxygen atoms in total. The molecule has 1 N–H and O–H groups in total. The Morgan fingerprint density at radius 1 is 1.22 bits per heavy atom. The Balaban J connectivity index is 2.63. The van der Waals surface area contributed by atoms with Gasteiger partial charge < -0.3 is 10.1 Å². The molecule has 0 saturated heterocycles. The molecule has 0 spiro atoms. The van der Waals surface area contributed by atoms with E-state index < -0.39 is 0 Å². The van der Waals surface area contributed by atoms with Crippen molar-refractivity contribution in [2.75, 3.05) is 6.54 Å². The number of nitrogens with one attached hydrogen (secondary N) is 1. The summed E-state index contributed by atoms with van der Waals surface area (Å²) in [6.07, 6.45) is 4.44. The smallest absolute Gasteiger partial charge is 0.126 e. The summed E-state index contributed by atoms with van der Waals surface area (Å²) in [5, 5.41) is 3.42. The lowest BCUT2D eigenvalue weighted by Crippen LogP contribution is -2.35. The summed E-state index contributed by atoms with van der Waals surface area (Å²) in [6, 6.07) is 8.12. The molecule has 0 unspecified atom stereocenters. The van der Waals surface area contributed by atoms with Gasteiger partial charge in [0.2, 0.25) is 0 Å². The molecule has 0 aromatic heterocycles. The van der Waals surface area contributed by atoms with E-state index >= 15 is 0 Å². The second-order valence-corrected chi connectivity index (χ2v) is 5.74. The van der Waals surface area contributed by atoms with Gasteiger partial charge in [-0.3, -0.25) is 0 Å². The first kappa shape index (κ1) is 14.8. The maximum Gasteiger partial charge on any atom is 0.126 e. The van der Waals surface area contributed by atoms with Crippen molar-refractivity contribution in [3.05, 3.63) is 35.9 Å². The zero-order chi connectivity index (χ0) is 13.6. The maximum absolute atomic E-state index is 5.77. The van der Waals surface area contributed by atoms with E-state index in [9.17, 15) is 0 Å². The number of para-hydroxylation sites is 1. The van der Waals surface area contributed by atoms with Crippen molar-refractivity contribution in [2.45, 2.75) is 46.3 Å². The second kappa shape index (κ2) is 6.60. The minimum atomic E-state index is 0.151. The Morgan fingerprint density at radius 3 is 2.50 bits per heavy atom. The van der Waals surface area contributed by atoms with E-state index in [0.717, 1.165) is 17.9 Å². The minimum absolute atomic E-state index is 0.151. The van der Waals surface area contributed by atoms with Gasteiger partial charge in [-0.25, -0.2) is 0 Å². The molecule has 1 aromatic rings. The summed E-state index contributed by atoms with van der Waals surface area (Å²) in [5.74, 6) is 0.944. The fourth-order valence-corrected chi connectivity index (χ4v) is 1.53. The van der Waals surface area contributed by atoms with E-state index in [1.54, 1.807) is 0 Å². The Hall–Kier alpha value is -1.28. The van der Waals surface area contributed by atoms with E-state index in [4.69, 9.17) is 4.74 Å². The molecule has 0 saturated carbocycles. The molecule has 1 rings (SSSR count). The summed E-state index contributed by atoms with van der Waals surface area (Å²) >= 11 is 0. The average molecular weight is 247 g/mol. The lowest BCUT2D eigenvalue weighted by molar-refractivity contribution is 0.242. The number of hydrogen-bond donors (Lipinski definition) is 1. The van der Waals surface area contributed by atoms with Crippen molar-refractivity contribution in [3.8, 4) is 5.75 Å². The van der Waals surface area contributed by atoms with Gasteiger partial charge in [0.25, 0.3) is 0 Å². The Morgan fingerprint density at radius 2 is 1.89 bits per heavy atom. The molecule has 0 radical (unpaired) electrons. The molecule has 0 aliphatic heterocycles. The molecule has 100 valence electrons. The van der Waals surface area contributed by atoms with Gasteiger partial charge in [-0.2, -0.15) is 0 Å². The van der Waals surface area contributed by atoms with Crippen LogP contribution in [0.5, 0.6) is 5.75 Å². The van der Waals surface area contributed by atoms with Gasteiger partial charge >= 0.3 is 0 Å². The summed E-state index contributed by atoms with van der Waals surface area (Å²) < 4.78 is 5.77. The van der Waals surface area contributed by atoms with Crippen LogP contribution >= 0.6 is 0 Å². The molecule has 0 heterocycles. The van der Waals surface area contributed by atoms with Crippen molar-refractivity contribution in [1.29, 1.82) is 0 Å². The lowest BCUT2D eigenvalue weighted by atomic mass is 10.1. The van der Waals surface area contributed by atoms with Crippen LogP contribution in [-0.2, 0) is 0 Å². The molecule has 0 atom stereocenters. The fourth-order valence-electron chi connectivity index (χ4n) is 1.53. The van der Waals surface area contributed by atoms with Crippen molar-refractivity contribution in [1.82, 2.24) is 5.32 Å².